The maximum Gasteiger partial charge on any atom is 0.0707 e. The van der Waals surface area contributed by atoms with Crippen molar-refractivity contribution >= 4 is 43.6 Å². The summed E-state index contributed by atoms with van der Waals surface area (Å²) in [6.45, 7) is 6.62. The van der Waals surface area contributed by atoms with Gasteiger partial charge in [-0.15, -0.1) is 0 Å². The molecule has 6 aromatic rings. The zero-order valence-corrected chi connectivity index (χ0v) is 27.8. The number of aliphatic hydroxyl groups is 2. The standard InChI is InChI=1S/C40H50N4O2/c1-29-39-35(17-21-41-29)33-15-13-31(19-25-45)27-37(33)43(39)23-11-9-7-5-3-4-6-8-10-12-24-44-38-28-32(20-26-46)14-16-34(38)36-18-22-42-30(2)40(36)44/h13-18,21-22,27-28,45-46H,3-12,19-20,23-26H2,1-2H3. The minimum atomic E-state index is 0.181. The summed E-state index contributed by atoms with van der Waals surface area (Å²) >= 11 is 0. The van der Waals surface area contributed by atoms with E-state index in [4.69, 9.17) is 0 Å². The molecule has 6 heteroatoms. The Labute approximate surface area is 273 Å². The van der Waals surface area contributed by atoms with Crippen LogP contribution in [0.2, 0.25) is 0 Å². The van der Waals surface area contributed by atoms with Crippen LogP contribution in [0.3, 0.4) is 0 Å². The highest BCUT2D eigenvalue weighted by atomic mass is 16.3. The van der Waals surface area contributed by atoms with E-state index in [1.54, 1.807) is 0 Å². The number of pyridine rings is 2. The molecule has 6 nitrogen and oxygen atoms in total. The first-order valence-corrected chi connectivity index (χ1v) is 17.6. The van der Waals surface area contributed by atoms with Gasteiger partial charge < -0.3 is 19.3 Å². The fourth-order valence-electron chi connectivity index (χ4n) is 7.52. The van der Waals surface area contributed by atoms with Crippen molar-refractivity contribution in [3.8, 4) is 0 Å². The van der Waals surface area contributed by atoms with Crippen molar-refractivity contribution in [2.24, 2.45) is 0 Å². The highest BCUT2D eigenvalue weighted by Crippen LogP contribution is 2.33. The Bertz CT molecular complexity index is 1780. The van der Waals surface area contributed by atoms with Crippen LogP contribution < -0.4 is 0 Å². The fraction of sp³-hybridized carbons (Fsp3) is 0.450. The highest BCUT2D eigenvalue weighted by Gasteiger charge is 2.15. The first-order chi connectivity index (χ1) is 22.6. The van der Waals surface area contributed by atoms with Gasteiger partial charge in [0.05, 0.1) is 22.4 Å². The summed E-state index contributed by atoms with van der Waals surface area (Å²) in [5, 5.41) is 24.1. The molecule has 0 amide bonds. The first kappa shape index (κ1) is 32.2. The SMILES string of the molecule is Cc1nccc2c3ccc(CCO)cc3n(CCCCCCCCCCCCn3c4cc(CCO)ccc4c4ccnc(C)c43)c12. The Morgan fingerprint density at radius 3 is 1.28 bits per heavy atom. The Balaban J connectivity index is 0.933. The second kappa shape index (κ2) is 15.2. The van der Waals surface area contributed by atoms with Gasteiger partial charge in [-0.1, -0.05) is 75.6 Å². The van der Waals surface area contributed by atoms with E-state index in [9.17, 15) is 10.2 Å². The van der Waals surface area contributed by atoms with Gasteiger partial charge in [-0.25, -0.2) is 0 Å². The number of unbranched alkanes of at least 4 members (excludes halogenated alkanes) is 9. The molecule has 0 aliphatic rings. The molecule has 0 saturated carbocycles. The van der Waals surface area contributed by atoms with Gasteiger partial charge in [0.25, 0.3) is 0 Å². The molecule has 0 unspecified atom stereocenters. The van der Waals surface area contributed by atoms with Crippen LogP contribution >= 0.6 is 0 Å². The molecule has 2 aromatic carbocycles. The van der Waals surface area contributed by atoms with E-state index in [2.05, 4.69) is 81.5 Å². The van der Waals surface area contributed by atoms with Gasteiger partial charge >= 0.3 is 0 Å². The third-order valence-electron chi connectivity index (χ3n) is 9.85. The first-order valence-electron chi connectivity index (χ1n) is 17.6. The van der Waals surface area contributed by atoms with Gasteiger partial charge in [-0.3, -0.25) is 9.97 Å². The van der Waals surface area contributed by atoms with Crippen LogP contribution in [0.25, 0.3) is 43.6 Å². The molecular formula is C40H50N4O2. The third kappa shape index (κ3) is 6.84. The average molecular weight is 619 g/mol. The van der Waals surface area contributed by atoms with Crippen LogP contribution in [0, 0.1) is 13.8 Å². The second-order valence-corrected chi connectivity index (χ2v) is 13.1. The maximum absolute atomic E-state index is 9.46. The molecule has 6 rings (SSSR count). The van der Waals surface area contributed by atoms with E-state index in [-0.39, 0.29) is 13.2 Å². The number of aryl methyl sites for hydroxylation is 4. The van der Waals surface area contributed by atoms with Crippen molar-refractivity contribution in [3.63, 3.8) is 0 Å². The van der Waals surface area contributed by atoms with Gasteiger partial charge in [-0.05, 0) is 74.9 Å². The Morgan fingerprint density at radius 1 is 0.500 bits per heavy atom. The lowest BCUT2D eigenvalue weighted by atomic mass is 10.1. The van der Waals surface area contributed by atoms with E-state index in [0.29, 0.717) is 12.8 Å². The summed E-state index contributed by atoms with van der Waals surface area (Å²) in [6, 6.07) is 17.6. The number of hydrogen-bond acceptors (Lipinski definition) is 4. The summed E-state index contributed by atoms with van der Waals surface area (Å²) in [7, 11) is 0. The number of nitrogens with zero attached hydrogens (tertiary/aromatic N) is 4. The molecule has 2 N–H and O–H groups in total. The number of benzene rings is 2. The normalized spacial score (nSPS) is 12.0. The lowest BCUT2D eigenvalue weighted by Gasteiger charge is -2.10. The van der Waals surface area contributed by atoms with Gasteiger partial charge in [0.1, 0.15) is 0 Å². The minimum absolute atomic E-state index is 0.181. The van der Waals surface area contributed by atoms with Crippen LogP contribution in [0.15, 0.2) is 60.9 Å². The smallest absolute Gasteiger partial charge is 0.0707 e. The molecule has 242 valence electrons. The fourth-order valence-corrected chi connectivity index (χ4v) is 7.52. The summed E-state index contributed by atoms with van der Waals surface area (Å²) in [4.78, 5) is 9.21. The summed E-state index contributed by atoms with van der Waals surface area (Å²) in [6.07, 6.45) is 18.0. The lowest BCUT2D eigenvalue weighted by molar-refractivity contribution is 0.299. The molecule has 4 aromatic heterocycles. The number of fused-ring (bicyclic) bond motifs is 6. The van der Waals surface area contributed by atoms with Crippen LogP contribution in [-0.4, -0.2) is 42.5 Å². The van der Waals surface area contributed by atoms with Gasteiger partial charge in [0.2, 0.25) is 0 Å². The molecule has 46 heavy (non-hydrogen) atoms. The van der Waals surface area contributed by atoms with E-state index >= 15 is 0 Å². The van der Waals surface area contributed by atoms with Crippen molar-refractivity contribution in [3.05, 3.63) is 83.4 Å². The monoisotopic (exact) mass is 618 g/mol. The van der Waals surface area contributed by atoms with Crippen LogP contribution in [-0.2, 0) is 25.9 Å². The van der Waals surface area contributed by atoms with Crippen LogP contribution in [0.5, 0.6) is 0 Å². The van der Waals surface area contributed by atoms with Crippen LogP contribution in [0.1, 0.15) is 86.7 Å². The maximum atomic E-state index is 9.46. The molecule has 4 heterocycles. The Kier molecular flexibility index (Phi) is 10.7. The summed E-state index contributed by atoms with van der Waals surface area (Å²) in [5.41, 5.74) is 9.62. The third-order valence-corrected chi connectivity index (χ3v) is 9.85. The Hall–Kier alpha value is -3.74. The quantitative estimate of drug-likeness (QED) is 0.100. The van der Waals surface area contributed by atoms with E-state index < -0.39 is 0 Å². The number of aromatic nitrogens is 4. The molecule has 0 fully saturated rings. The van der Waals surface area contributed by atoms with Crippen molar-refractivity contribution in [1.29, 1.82) is 0 Å². The lowest BCUT2D eigenvalue weighted by Crippen LogP contribution is -2.01. The highest BCUT2D eigenvalue weighted by molar-refractivity contribution is 6.09. The zero-order valence-electron chi connectivity index (χ0n) is 27.8. The minimum Gasteiger partial charge on any atom is -0.396 e. The summed E-state index contributed by atoms with van der Waals surface area (Å²) < 4.78 is 4.94. The molecule has 0 aliphatic heterocycles. The zero-order chi connectivity index (χ0) is 31.9. The van der Waals surface area contributed by atoms with Gasteiger partial charge in [0.15, 0.2) is 0 Å². The van der Waals surface area contributed by atoms with Crippen molar-refractivity contribution in [2.45, 2.75) is 104 Å². The Morgan fingerprint density at radius 2 is 0.891 bits per heavy atom. The van der Waals surface area contributed by atoms with Gasteiger partial charge in [-0.2, -0.15) is 0 Å². The van der Waals surface area contributed by atoms with E-state index in [1.807, 2.05) is 12.4 Å². The molecular weight excluding hydrogens is 568 g/mol. The van der Waals surface area contributed by atoms with E-state index in [1.165, 1.54) is 119 Å². The number of rotatable bonds is 17. The molecule has 0 bridgehead atoms. The summed E-state index contributed by atoms with van der Waals surface area (Å²) in [5.74, 6) is 0. The average Bonchev–Trinajstić information content (AvgIpc) is 3.55. The molecule has 0 atom stereocenters. The van der Waals surface area contributed by atoms with Gasteiger partial charge in [0, 0.05) is 71.3 Å². The van der Waals surface area contributed by atoms with E-state index in [0.717, 1.165) is 24.5 Å². The number of hydrogen-bond donors (Lipinski definition) is 2. The molecule has 0 aliphatic carbocycles. The predicted octanol–water partition coefficient (Wildman–Crippen LogP) is 8.98. The second-order valence-electron chi connectivity index (χ2n) is 13.1. The topological polar surface area (TPSA) is 76.1 Å². The van der Waals surface area contributed by atoms with Crippen molar-refractivity contribution in [2.75, 3.05) is 13.2 Å². The molecule has 0 radical (unpaired) electrons. The number of aliphatic hydroxyl groups excluding tert-OH is 2. The molecule has 0 spiro atoms. The predicted molar refractivity (Wildman–Crippen MR) is 192 cm³/mol. The molecule has 0 saturated heterocycles. The van der Waals surface area contributed by atoms with Crippen molar-refractivity contribution < 1.29 is 10.2 Å². The van der Waals surface area contributed by atoms with Crippen LogP contribution in [0.4, 0.5) is 0 Å². The largest absolute Gasteiger partial charge is 0.396 e. The van der Waals surface area contributed by atoms with Crippen molar-refractivity contribution in [1.82, 2.24) is 19.1 Å².